The molecule has 1 aromatic carbocycles. The van der Waals surface area contributed by atoms with Crippen LogP contribution in [0.15, 0.2) is 12.1 Å². The Bertz CT molecular complexity index is 507. The lowest BCUT2D eigenvalue weighted by atomic mass is 10.1. The van der Waals surface area contributed by atoms with Gasteiger partial charge in [-0.05, 0) is 24.9 Å². The molecule has 110 valence electrons. The monoisotopic (exact) mass is 282 g/mol. The fourth-order valence-corrected chi connectivity index (χ4v) is 2.40. The summed E-state index contributed by atoms with van der Waals surface area (Å²) in [5.41, 5.74) is 5.60. The van der Waals surface area contributed by atoms with E-state index in [0.29, 0.717) is 31.3 Å². The Morgan fingerprint density at radius 3 is 2.60 bits per heavy atom. The summed E-state index contributed by atoms with van der Waals surface area (Å²) in [5.74, 6) is -0.0416. The Kier molecular flexibility index (Phi) is 4.44. The first-order chi connectivity index (χ1) is 9.60. The summed E-state index contributed by atoms with van der Waals surface area (Å²) in [6.07, 6.45) is 0.858. The SMILES string of the molecule is COc1cc(F)c(C(=O)N2CCC(CN)C2)cc1OC. The van der Waals surface area contributed by atoms with Crippen molar-refractivity contribution in [2.75, 3.05) is 33.9 Å². The van der Waals surface area contributed by atoms with E-state index in [4.69, 9.17) is 15.2 Å². The summed E-state index contributed by atoms with van der Waals surface area (Å²) in [5, 5.41) is 0. The highest BCUT2D eigenvalue weighted by atomic mass is 19.1. The normalized spacial score (nSPS) is 18.2. The largest absolute Gasteiger partial charge is 0.493 e. The van der Waals surface area contributed by atoms with E-state index in [1.165, 1.54) is 26.4 Å². The summed E-state index contributed by atoms with van der Waals surface area (Å²) in [6.45, 7) is 1.72. The van der Waals surface area contributed by atoms with Crippen molar-refractivity contribution in [1.29, 1.82) is 0 Å². The van der Waals surface area contributed by atoms with E-state index in [2.05, 4.69) is 0 Å². The Balaban J connectivity index is 2.26. The number of likely N-dealkylation sites (tertiary alicyclic amines) is 1. The van der Waals surface area contributed by atoms with E-state index < -0.39 is 5.82 Å². The number of carbonyl (C=O) groups excluding carboxylic acids is 1. The van der Waals surface area contributed by atoms with Gasteiger partial charge in [-0.25, -0.2) is 4.39 Å². The fraction of sp³-hybridized carbons (Fsp3) is 0.500. The van der Waals surface area contributed by atoms with Gasteiger partial charge in [0.15, 0.2) is 11.5 Å². The number of hydrogen-bond donors (Lipinski definition) is 1. The molecule has 1 heterocycles. The molecule has 1 aliphatic heterocycles. The van der Waals surface area contributed by atoms with Gasteiger partial charge < -0.3 is 20.1 Å². The topological polar surface area (TPSA) is 64.8 Å². The predicted octanol–water partition coefficient (Wildman–Crippen LogP) is 1.26. The zero-order valence-corrected chi connectivity index (χ0v) is 11.7. The van der Waals surface area contributed by atoms with Crippen LogP contribution in [0.25, 0.3) is 0 Å². The highest BCUT2D eigenvalue weighted by Gasteiger charge is 2.28. The highest BCUT2D eigenvalue weighted by molar-refractivity contribution is 5.95. The average Bonchev–Trinajstić information content (AvgIpc) is 2.95. The maximum absolute atomic E-state index is 14.0. The van der Waals surface area contributed by atoms with Gasteiger partial charge in [0.1, 0.15) is 5.82 Å². The van der Waals surface area contributed by atoms with Crippen molar-refractivity contribution in [3.05, 3.63) is 23.5 Å². The lowest BCUT2D eigenvalue weighted by Gasteiger charge is -2.18. The van der Waals surface area contributed by atoms with Crippen LogP contribution in [0.1, 0.15) is 16.8 Å². The fourth-order valence-electron chi connectivity index (χ4n) is 2.40. The van der Waals surface area contributed by atoms with Gasteiger partial charge in [0.05, 0.1) is 19.8 Å². The lowest BCUT2D eigenvalue weighted by Crippen LogP contribution is -2.30. The van der Waals surface area contributed by atoms with Gasteiger partial charge in [0, 0.05) is 19.2 Å². The molecule has 1 aliphatic rings. The zero-order valence-electron chi connectivity index (χ0n) is 11.7. The molecule has 1 fully saturated rings. The second-order valence-corrected chi connectivity index (χ2v) is 4.83. The minimum absolute atomic E-state index is 0.000298. The van der Waals surface area contributed by atoms with E-state index in [-0.39, 0.29) is 17.2 Å². The maximum Gasteiger partial charge on any atom is 0.256 e. The molecular formula is C14H19FN2O3. The van der Waals surface area contributed by atoms with Crippen LogP contribution in [0.5, 0.6) is 11.5 Å². The molecule has 0 radical (unpaired) electrons. The molecule has 6 heteroatoms. The van der Waals surface area contributed by atoms with Crippen molar-refractivity contribution in [3.8, 4) is 11.5 Å². The molecule has 0 saturated carbocycles. The number of carbonyl (C=O) groups is 1. The van der Waals surface area contributed by atoms with Gasteiger partial charge in [0.25, 0.3) is 5.91 Å². The second-order valence-electron chi connectivity index (χ2n) is 4.83. The van der Waals surface area contributed by atoms with Crippen LogP contribution in [0.3, 0.4) is 0 Å². The van der Waals surface area contributed by atoms with Gasteiger partial charge in [-0.15, -0.1) is 0 Å². The number of amides is 1. The zero-order chi connectivity index (χ0) is 14.7. The van der Waals surface area contributed by atoms with E-state index in [0.717, 1.165) is 6.42 Å². The van der Waals surface area contributed by atoms with Crippen LogP contribution in [0.2, 0.25) is 0 Å². The summed E-state index contributed by atoms with van der Waals surface area (Å²) in [7, 11) is 2.87. The van der Waals surface area contributed by atoms with Crippen molar-refractivity contribution in [1.82, 2.24) is 4.90 Å². The van der Waals surface area contributed by atoms with Crippen LogP contribution in [0.4, 0.5) is 4.39 Å². The number of hydrogen-bond acceptors (Lipinski definition) is 4. The van der Waals surface area contributed by atoms with Crippen LogP contribution < -0.4 is 15.2 Å². The molecule has 20 heavy (non-hydrogen) atoms. The van der Waals surface area contributed by atoms with E-state index in [9.17, 15) is 9.18 Å². The first-order valence-corrected chi connectivity index (χ1v) is 6.51. The lowest BCUT2D eigenvalue weighted by molar-refractivity contribution is 0.0782. The van der Waals surface area contributed by atoms with E-state index in [1.807, 2.05) is 0 Å². The minimum atomic E-state index is -0.608. The van der Waals surface area contributed by atoms with Gasteiger partial charge in [0.2, 0.25) is 0 Å². The van der Waals surface area contributed by atoms with E-state index in [1.54, 1.807) is 4.90 Å². The molecule has 0 bridgehead atoms. The Hall–Kier alpha value is -1.82. The molecule has 1 aromatic rings. The molecule has 1 saturated heterocycles. The standard InChI is InChI=1S/C14H19FN2O3/c1-19-12-5-10(11(15)6-13(12)20-2)14(18)17-4-3-9(7-16)8-17/h5-6,9H,3-4,7-8,16H2,1-2H3. The smallest absolute Gasteiger partial charge is 0.256 e. The molecule has 5 nitrogen and oxygen atoms in total. The molecule has 1 atom stereocenters. The highest BCUT2D eigenvalue weighted by Crippen LogP contribution is 2.31. The first-order valence-electron chi connectivity index (χ1n) is 6.51. The number of nitrogens with zero attached hydrogens (tertiary/aromatic N) is 1. The molecular weight excluding hydrogens is 263 g/mol. The van der Waals surface area contributed by atoms with Crippen LogP contribution in [-0.4, -0.2) is 44.7 Å². The van der Waals surface area contributed by atoms with Gasteiger partial charge in [-0.3, -0.25) is 4.79 Å². The van der Waals surface area contributed by atoms with E-state index >= 15 is 0 Å². The maximum atomic E-state index is 14.0. The Labute approximate surface area is 117 Å². The average molecular weight is 282 g/mol. The third kappa shape index (κ3) is 2.70. The summed E-state index contributed by atoms with van der Waals surface area (Å²) >= 11 is 0. The second kappa shape index (κ2) is 6.09. The van der Waals surface area contributed by atoms with Crippen LogP contribution >= 0.6 is 0 Å². The predicted molar refractivity (Wildman–Crippen MR) is 72.6 cm³/mol. The number of benzene rings is 1. The molecule has 0 aromatic heterocycles. The number of nitrogens with two attached hydrogens (primary N) is 1. The van der Waals surface area contributed by atoms with Crippen molar-refractivity contribution in [2.45, 2.75) is 6.42 Å². The Morgan fingerprint density at radius 1 is 1.40 bits per heavy atom. The van der Waals surface area contributed by atoms with Crippen molar-refractivity contribution < 1.29 is 18.7 Å². The van der Waals surface area contributed by atoms with Crippen LogP contribution in [0, 0.1) is 11.7 Å². The molecule has 0 spiro atoms. The van der Waals surface area contributed by atoms with Crippen molar-refractivity contribution in [2.24, 2.45) is 11.7 Å². The van der Waals surface area contributed by atoms with Gasteiger partial charge in [-0.2, -0.15) is 0 Å². The molecule has 2 N–H and O–H groups in total. The van der Waals surface area contributed by atoms with Gasteiger partial charge in [-0.1, -0.05) is 0 Å². The van der Waals surface area contributed by atoms with Crippen LogP contribution in [-0.2, 0) is 0 Å². The number of halogens is 1. The summed E-state index contributed by atoms with van der Waals surface area (Å²) < 4.78 is 24.1. The number of rotatable bonds is 4. The molecule has 0 aliphatic carbocycles. The molecule has 1 amide bonds. The number of ether oxygens (including phenoxy) is 2. The number of methoxy groups -OCH3 is 2. The summed E-state index contributed by atoms with van der Waals surface area (Å²) in [4.78, 5) is 14.0. The third-order valence-corrected chi connectivity index (χ3v) is 3.61. The summed E-state index contributed by atoms with van der Waals surface area (Å²) in [6, 6.07) is 2.55. The third-order valence-electron chi connectivity index (χ3n) is 3.61. The van der Waals surface area contributed by atoms with Gasteiger partial charge >= 0.3 is 0 Å². The van der Waals surface area contributed by atoms with Crippen molar-refractivity contribution in [3.63, 3.8) is 0 Å². The molecule has 2 rings (SSSR count). The quantitative estimate of drug-likeness (QED) is 0.903. The molecule has 1 unspecified atom stereocenters. The van der Waals surface area contributed by atoms with Crippen molar-refractivity contribution >= 4 is 5.91 Å². The first kappa shape index (κ1) is 14.6. The Morgan fingerprint density at radius 2 is 2.05 bits per heavy atom. The minimum Gasteiger partial charge on any atom is -0.493 e.